The van der Waals surface area contributed by atoms with Crippen LogP contribution in [0.4, 0.5) is 0 Å². The van der Waals surface area contributed by atoms with Crippen LogP contribution in [0.3, 0.4) is 0 Å². The molecule has 5 nitrogen and oxygen atoms in total. The van der Waals surface area contributed by atoms with Crippen LogP contribution in [0, 0.1) is 5.92 Å². The number of fused-ring (bicyclic) bond motifs is 1. The van der Waals surface area contributed by atoms with E-state index in [9.17, 15) is 9.90 Å². The van der Waals surface area contributed by atoms with Crippen molar-refractivity contribution < 1.29 is 9.90 Å². The SMILES string of the molecule is O=C(NCC(O)C1CCCCC1)c1n[nH]c2ccccc12. The molecule has 3 rings (SSSR count). The Hall–Kier alpha value is -1.88. The summed E-state index contributed by atoms with van der Waals surface area (Å²) in [6, 6.07) is 7.53. The summed E-state index contributed by atoms with van der Waals surface area (Å²) in [4.78, 5) is 12.2. The number of aliphatic hydroxyl groups is 1. The average Bonchev–Trinajstić information content (AvgIpc) is 2.97. The number of hydrogen-bond donors (Lipinski definition) is 3. The first-order valence-electron chi connectivity index (χ1n) is 7.65. The Morgan fingerprint density at radius 3 is 2.90 bits per heavy atom. The van der Waals surface area contributed by atoms with E-state index in [0.717, 1.165) is 23.7 Å². The second-order valence-electron chi connectivity index (χ2n) is 5.79. The summed E-state index contributed by atoms with van der Waals surface area (Å²) in [7, 11) is 0. The second kappa shape index (κ2) is 6.26. The molecule has 1 atom stereocenters. The third kappa shape index (κ3) is 3.08. The van der Waals surface area contributed by atoms with Gasteiger partial charge in [0.1, 0.15) is 0 Å². The largest absolute Gasteiger partial charge is 0.391 e. The molecule has 0 spiro atoms. The van der Waals surface area contributed by atoms with Gasteiger partial charge in [0.25, 0.3) is 5.91 Å². The molecular formula is C16H21N3O2. The van der Waals surface area contributed by atoms with E-state index in [1.807, 2.05) is 24.3 Å². The van der Waals surface area contributed by atoms with Crippen LogP contribution in [-0.4, -0.2) is 33.9 Å². The summed E-state index contributed by atoms with van der Waals surface area (Å²) in [6.45, 7) is 0.296. The van der Waals surface area contributed by atoms with Gasteiger partial charge in [-0.15, -0.1) is 0 Å². The zero-order valence-electron chi connectivity index (χ0n) is 12.0. The van der Waals surface area contributed by atoms with Crippen LogP contribution in [0.25, 0.3) is 10.9 Å². The van der Waals surface area contributed by atoms with Gasteiger partial charge in [0, 0.05) is 11.9 Å². The molecule has 1 fully saturated rings. The molecule has 1 aromatic carbocycles. The molecule has 2 aromatic rings. The monoisotopic (exact) mass is 287 g/mol. The van der Waals surface area contributed by atoms with E-state index in [0.29, 0.717) is 18.2 Å². The number of rotatable bonds is 4. The van der Waals surface area contributed by atoms with Crippen LogP contribution >= 0.6 is 0 Å². The van der Waals surface area contributed by atoms with E-state index in [4.69, 9.17) is 0 Å². The zero-order chi connectivity index (χ0) is 14.7. The fourth-order valence-corrected chi connectivity index (χ4v) is 3.10. The number of nitrogens with one attached hydrogen (secondary N) is 2. The molecule has 0 radical (unpaired) electrons. The van der Waals surface area contributed by atoms with Gasteiger partial charge in [0.2, 0.25) is 0 Å². The van der Waals surface area contributed by atoms with Gasteiger partial charge in [-0.05, 0) is 24.8 Å². The predicted molar refractivity (Wildman–Crippen MR) is 81.0 cm³/mol. The van der Waals surface area contributed by atoms with Crippen LogP contribution in [0.2, 0.25) is 0 Å². The lowest BCUT2D eigenvalue weighted by atomic mass is 9.85. The molecule has 5 heteroatoms. The Morgan fingerprint density at radius 2 is 2.10 bits per heavy atom. The predicted octanol–water partition coefficient (Wildman–Crippen LogP) is 2.23. The van der Waals surface area contributed by atoms with E-state index >= 15 is 0 Å². The number of aromatic nitrogens is 2. The zero-order valence-corrected chi connectivity index (χ0v) is 12.0. The number of amides is 1. The lowest BCUT2D eigenvalue weighted by molar-refractivity contribution is 0.0736. The maximum Gasteiger partial charge on any atom is 0.272 e. The smallest absolute Gasteiger partial charge is 0.272 e. The molecule has 0 bridgehead atoms. The van der Waals surface area contributed by atoms with Gasteiger partial charge in [-0.2, -0.15) is 5.10 Å². The van der Waals surface area contributed by atoms with Gasteiger partial charge in [-0.25, -0.2) is 0 Å². The Labute approximate surface area is 123 Å². The van der Waals surface area contributed by atoms with Gasteiger partial charge in [0.15, 0.2) is 5.69 Å². The van der Waals surface area contributed by atoms with Crippen molar-refractivity contribution in [2.24, 2.45) is 5.92 Å². The van der Waals surface area contributed by atoms with Crippen LogP contribution in [0.15, 0.2) is 24.3 Å². The average molecular weight is 287 g/mol. The molecule has 0 saturated heterocycles. The van der Waals surface area contributed by atoms with Crippen molar-refractivity contribution in [3.8, 4) is 0 Å². The number of benzene rings is 1. The first kappa shape index (κ1) is 14.1. The van der Waals surface area contributed by atoms with E-state index in [1.165, 1.54) is 19.3 Å². The van der Waals surface area contributed by atoms with Crippen molar-refractivity contribution in [3.63, 3.8) is 0 Å². The minimum absolute atomic E-state index is 0.234. The summed E-state index contributed by atoms with van der Waals surface area (Å²) < 4.78 is 0. The summed E-state index contributed by atoms with van der Waals surface area (Å²) in [5.74, 6) is 0.0808. The van der Waals surface area contributed by atoms with Gasteiger partial charge in [-0.1, -0.05) is 37.5 Å². The number of H-pyrrole nitrogens is 1. The fraction of sp³-hybridized carbons (Fsp3) is 0.500. The van der Waals surface area contributed by atoms with Crippen molar-refractivity contribution in [2.45, 2.75) is 38.2 Å². The second-order valence-corrected chi connectivity index (χ2v) is 5.79. The molecule has 1 unspecified atom stereocenters. The number of aliphatic hydroxyl groups excluding tert-OH is 1. The quantitative estimate of drug-likeness (QED) is 0.807. The molecule has 1 saturated carbocycles. The topological polar surface area (TPSA) is 78.0 Å². The molecule has 1 amide bonds. The molecule has 3 N–H and O–H groups in total. The first-order valence-corrected chi connectivity index (χ1v) is 7.65. The number of nitrogens with zero attached hydrogens (tertiary/aromatic N) is 1. The molecule has 112 valence electrons. The van der Waals surface area contributed by atoms with E-state index in [-0.39, 0.29) is 5.91 Å². The van der Waals surface area contributed by atoms with Crippen LogP contribution < -0.4 is 5.32 Å². The highest BCUT2D eigenvalue weighted by Crippen LogP contribution is 2.26. The van der Waals surface area contributed by atoms with Crippen molar-refractivity contribution in [1.82, 2.24) is 15.5 Å². The number of carbonyl (C=O) groups excluding carboxylic acids is 1. The summed E-state index contributed by atoms with van der Waals surface area (Å²) in [5.41, 5.74) is 1.23. The maximum absolute atomic E-state index is 12.2. The summed E-state index contributed by atoms with van der Waals surface area (Å²) in [6.07, 6.45) is 5.28. The minimum Gasteiger partial charge on any atom is -0.391 e. The molecule has 1 heterocycles. The molecular weight excluding hydrogens is 266 g/mol. The van der Waals surface area contributed by atoms with E-state index < -0.39 is 6.10 Å². The molecule has 1 aliphatic carbocycles. The third-order valence-corrected chi connectivity index (χ3v) is 4.35. The Balaban J connectivity index is 1.61. The van der Waals surface area contributed by atoms with Gasteiger partial charge < -0.3 is 10.4 Å². The van der Waals surface area contributed by atoms with Crippen LogP contribution in [0.1, 0.15) is 42.6 Å². The number of hydrogen-bond acceptors (Lipinski definition) is 3. The highest BCUT2D eigenvalue weighted by Gasteiger charge is 2.23. The van der Waals surface area contributed by atoms with Crippen molar-refractivity contribution in [2.75, 3.05) is 6.54 Å². The van der Waals surface area contributed by atoms with Gasteiger partial charge in [-0.3, -0.25) is 9.89 Å². The minimum atomic E-state index is -0.459. The van der Waals surface area contributed by atoms with Crippen molar-refractivity contribution >= 4 is 16.8 Å². The summed E-state index contributed by atoms with van der Waals surface area (Å²) >= 11 is 0. The Morgan fingerprint density at radius 1 is 1.33 bits per heavy atom. The van der Waals surface area contributed by atoms with Crippen LogP contribution in [0.5, 0.6) is 0 Å². The lowest BCUT2D eigenvalue weighted by Crippen LogP contribution is -2.37. The van der Waals surface area contributed by atoms with Crippen molar-refractivity contribution in [3.05, 3.63) is 30.0 Å². The third-order valence-electron chi connectivity index (χ3n) is 4.35. The summed E-state index contributed by atoms with van der Waals surface area (Å²) in [5, 5.41) is 20.7. The van der Waals surface area contributed by atoms with Gasteiger partial charge in [0.05, 0.1) is 11.6 Å². The molecule has 21 heavy (non-hydrogen) atoms. The Kier molecular flexibility index (Phi) is 4.20. The molecule has 1 aliphatic rings. The fourth-order valence-electron chi connectivity index (χ4n) is 3.10. The van der Waals surface area contributed by atoms with Crippen molar-refractivity contribution in [1.29, 1.82) is 0 Å². The van der Waals surface area contributed by atoms with Crippen LogP contribution in [-0.2, 0) is 0 Å². The highest BCUT2D eigenvalue weighted by atomic mass is 16.3. The normalized spacial score (nSPS) is 17.8. The number of para-hydroxylation sites is 1. The molecule has 1 aromatic heterocycles. The van der Waals surface area contributed by atoms with E-state index in [1.54, 1.807) is 0 Å². The van der Waals surface area contributed by atoms with E-state index in [2.05, 4.69) is 15.5 Å². The molecule has 0 aliphatic heterocycles. The first-order chi connectivity index (χ1) is 10.3. The Bertz CT molecular complexity index is 617. The highest BCUT2D eigenvalue weighted by molar-refractivity contribution is 6.04. The number of aromatic amines is 1. The lowest BCUT2D eigenvalue weighted by Gasteiger charge is -2.26. The maximum atomic E-state index is 12.2. The van der Waals surface area contributed by atoms with Gasteiger partial charge >= 0.3 is 0 Å². The standard InChI is InChI=1S/C16H21N3O2/c20-14(11-6-2-1-3-7-11)10-17-16(21)15-12-8-4-5-9-13(12)18-19-15/h4-5,8-9,11,14,20H,1-3,6-7,10H2,(H,17,21)(H,18,19). The number of carbonyl (C=O) groups is 1.